The van der Waals surface area contributed by atoms with Crippen molar-refractivity contribution in [3.05, 3.63) is 28.8 Å². The number of rotatable bonds is 4. The van der Waals surface area contributed by atoms with Gasteiger partial charge in [-0.2, -0.15) is 13.2 Å². The van der Waals surface area contributed by atoms with E-state index in [0.29, 0.717) is 16.3 Å². The molecular weight excluding hydrogens is 285 g/mol. The van der Waals surface area contributed by atoms with Crippen LogP contribution in [0.2, 0.25) is 5.02 Å². The summed E-state index contributed by atoms with van der Waals surface area (Å²) < 4.78 is 37.4. The maximum absolute atomic E-state index is 12.5. The third-order valence-electron chi connectivity index (χ3n) is 2.32. The molecule has 0 spiro atoms. The summed E-state index contributed by atoms with van der Waals surface area (Å²) in [5.41, 5.74) is 6.19. The number of nitrogens with two attached hydrogens (primary N) is 1. The Morgan fingerprint density at radius 3 is 2.50 bits per heavy atom. The molecule has 1 rings (SSSR count). The van der Waals surface area contributed by atoms with E-state index in [-0.39, 0.29) is 11.5 Å². The molecule has 0 aromatic heterocycles. The SMILES string of the molecule is CCN(CC(F)(F)F)c1cc(Cl)ccc1C(N)=S. The molecule has 7 heteroatoms. The van der Waals surface area contributed by atoms with Crippen LogP contribution in [0.1, 0.15) is 12.5 Å². The average Bonchev–Trinajstić information content (AvgIpc) is 2.24. The normalized spacial score (nSPS) is 11.4. The average molecular weight is 297 g/mol. The van der Waals surface area contributed by atoms with Crippen molar-refractivity contribution < 1.29 is 13.2 Å². The van der Waals surface area contributed by atoms with Crippen molar-refractivity contribution in [1.82, 2.24) is 0 Å². The first-order chi connectivity index (χ1) is 8.24. The second-order valence-electron chi connectivity index (χ2n) is 3.66. The fourth-order valence-corrected chi connectivity index (χ4v) is 1.90. The number of hydrogen-bond donors (Lipinski definition) is 1. The van der Waals surface area contributed by atoms with Gasteiger partial charge < -0.3 is 10.6 Å². The molecule has 0 aliphatic heterocycles. The molecule has 18 heavy (non-hydrogen) atoms. The van der Waals surface area contributed by atoms with Crippen LogP contribution >= 0.6 is 23.8 Å². The van der Waals surface area contributed by atoms with Gasteiger partial charge in [0.05, 0.1) is 0 Å². The molecule has 2 N–H and O–H groups in total. The van der Waals surface area contributed by atoms with E-state index in [1.807, 2.05) is 0 Å². The molecule has 0 amide bonds. The van der Waals surface area contributed by atoms with Gasteiger partial charge in [0.15, 0.2) is 0 Å². The number of hydrogen-bond acceptors (Lipinski definition) is 2. The zero-order valence-corrected chi connectivity index (χ0v) is 11.2. The molecular formula is C11H12ClF3N2S. The van der Waals surface area contributed by atoms with Crippen molar-refractivity contribution in [2.24, 2.45) is 5.73 Å². The molecule has 0 saturated heterocycles. The third-order valence-corrected chi connectivity index (χ3v) is 2.77. The van der Waals surface area contributed by atoms with Gasteiger partial charge in [0.1, 0.15) is 11.5 Å². The summed E-state index contributed by atoms with van der Waals surface area (Å²) in [6.45, 7) is 0.727. The van der Waals surface area contributed by atoms with Crippen LogP contribution in [0.25, 0.3) is 0 Å². The summed E-state index contributed by atoms with van der Waals surface area (Å²) in [6.07, 6.45) is -4.30. The van der Waals surface area contributed by atoms with Crippen LogP contribution in [0.3, 0.4) is 0 Å². The van der Waals surface area contributed by atoms with Gasteiger partial charge in [-0.15, -0.1) is 0 Å². The molecule has 1 aromatic carbocycles. The maximum Gasteiger partial charge on any atom is 0.405 e. The van der Waals surface area contributed by atoms with E-state index in [9.17, 15) is 13.2 Å². The Morgan fingerprint density at radius 1 is 1.44 bits per heavy atom. The van der Waals surface area contributed by atoms with Crippen molar-refractivity contribution in [2.75, 3.05) is 18.0 Å². The Balaban J connectivity index is 3.19. The first kappa shape index (κ1) is 15.0. The Morgan fingerprint density at radius 2 is 2.06 bits per heavy atom. The summed E-state index contributed by atoms with van der Waals surface area (Å²) in [5, 5.41) is 0.339. The van der Waals surface area contributed by atoms with Crippen LogP contribution < -0.4 is 10.6 Å². The molecule has 2 nitrogen and oxygen atoms in total. The standard InChI is InChI=1S/C11H12ClF3N2S/c1-2-17(6-11(13,14)15)9-5-7(12)3-4-8(9)10(16)18/h3-5H,2,6H2,1H3,(H2,16,18). The predicted octanol–water partition coefficient (Wildman–Crippen LogP) is 3.36. The fourth-order valence-electron chi connectivity index (χ4n) is 1.56. The Hall–Kier alpha value is -1.01. The lowest BCUT2D eigenvalue weighted by atomic mass is 10.1. The molecule has 1 aromatic rings. The largest absolute Gasteiger partial charge is 0.405 e. The van der Waals surface area contributed by atoms with Crippen molar-refractivity contribution in [3.8, 4) is 0 Å². The van der Waals surface area contributed by atoms with Gasteiger partial charge in [-0.05, 0) is 25.1 Å². The molecule has 0 atom stereocenters. The minimum atomic E-state index is -4.30. The highest BCUT2D eigenvalue weighted by molar-refractivity contribution is 7.80. The fraction of sp³-hybridized carbons (Fsp3) is 0.364. The first-order valence-corrected chi connectivity index (χ1v) is 5.94. The topological polar surface area (TPSA) is 29.3 Å². The minimum absolute atomic E-state index is 0.0438. The minimum Gasteiger partial charge on any atom is -0.389 e. The molecule has 100 valence electrons. The zero-order valence-electron chi connectivity index (χ0n) is 9.59. The highest BCUT2D eigenvalue weighted by Crippen LogP contribution is 2.28. The number of halogens is 4. The molecule has 0 aliphatic carbocycles. The van der Waals surface area contributed by atoms with Gasteiger partial charge in [-0.25, -0.2) is 0 Å². The second kappa shape index (κ2) is 5.75. The Labute approximate surface area is 114 Å². The number of anilines is 1. The Kier molecular flexibility index (Phi) is 4.81. The van der Waals surface area contributed by atoms with E-state index in [2.05, 4.69) is 0 Å². The van der Waals surface area contributed by atoms with Crippen LogP contribution in [0.4, 0.5) is 18.9 Å². The van der Waals surface area contributed by atoms with Gasteiger partial charge in [0, 0.05) is 22.8 Å². The van der Waals surface area contributed by atoms with Gasteiger partial charge in [0.25, 0.3) is 0 Å². The predicted molar refractivity (Wildman–Crippen MR) is 71.3 cm³/mol. The lowest BCUT2D eigenvalue weighted by Crippen LogP contribution is -2.35. The van der Waals surface area contributed by atoms with E-state index < -0.39 is 12.7 Å². The van der Waals surface area contributed by atoms with E-state index in [1.54, 1.807) is 13.0 Å². The molecule has 0 aliphatic rings. The van der Waals surface area contributed by atoms with E-state index >= 15 is 0 Å². The van der Waals surface area contributed by atoms with Crippen molar-refractivity contribution in [1.29, 1.82) is 0 Å². The molecule has 0 unspecified atom stereocenters. The van der Waals surface area contributed by atoms with Crippen LogP contribution in [0, 0.1) is 0 Å². The summed E-state index contributed by atoms with van der Waals surface area (Å²) in [6, 6.07) is 4.51. The quantitative estimate of drug-likeness (QED) is 0.864. The molecule has 0 heterocycles. The first-order valence-electron chi connectivity index (χ1n) is 5.15. The van der Waals surface area contributed by atoms with Gasteiger partial charge in [0.2, 0.25) is 0 Å². The number of thiocarbonyl (C=S) groups is 1. The van der Waals surface area contributed by atoms with E-state index in [1.165, 1.54) is 12.1 Å². The zero-order chi connectivity index (χ0) is 13.9. The smallest absolute Gasteiger partial charge is 0.389 e. The highest BCUT2D eigenvalue weighted by atomic mass is 35.5. The number of alkyl halides is 3. The van der Waals surface area contributed by atoms with Gasteiger partial charge in [-0.1, -0.05) is 23.8 Å². The summed E-state index contributed by atoms with van der Waals surface area (Å²) in [5.74, 6) is 0. The van der Waals surface area contributed by atoms with Gasteiger partial charge in [-0.3, -0.25) is 0 Å². The number of nitrogens with zero attached hydrogens (tertiary/aromatic N) is 1. The monoisotopic (exact) mass is 296 g/mol. The van der Waals surface area contributed by atoms with Crippen LogP contribution in [0.5, 0.6) is 0 Å². The molecule has 0 saturated carbocycles. The Bertz CT molecular complexity index is 448. The summed E-state index contributed by atoms with van der Waals surface area (Å²) >= 11 is 10.6. The van der Waals surface area contributed by atoms with Crippen molar-refractivity contribution >= 4 is 34.5 Å². The molecule has 0 bridgehead atoms. The highest BCUT2D eigenvalue weighted by Gasteiger charge is 2.31. The summed E-state index contributed by atoms with van der Waals surface area (Å²) in [4.78, 5) is 1.18. The van der Waals surface area contributed by atoms with E-state index in [4.69, 9.17) is 29.6 Å². The molecule has 0 radical (unpaired) electrons. The van der Waals surface area contributed by atoms with E-state index in [0.717, 1.165) is 4.90 Å². The number of benzene rings is 1. The second-order valence-corrected chi connectivity index (χ2v) is 4.53. The van der Waals surface area contributed by atoms with Crippen LogP contribution in [-0.4, -0.2) is 24.3 Å². The lowest BCUT2D eigenvalue weighted by Gasteiger charge is -2.26. The lowest BCUT2D eigenvalue weighted by molar-refractivity contribution is -0.119. The molecule has 0 fully saturated rings. The van der Waals surface area contributed by atoms with Crippen molar-refractivity contribution in [2.45, 2.75) is 13.1 Å². The summed E-state index contributed by atoms with van der Waals surface area (Å²) in [7, 11) is 0. The third kappa shape index (κ3) is 4.03. The van der Waals surface area contributed by atoms with Crippen molar-refractivity contribution in [3.63, 3.8) is 0 Å². The van der Waals surface area contributed by atoms with Crippen LogP contribution in [-0.2, 0) is 0 Å². The maximum atomic E-state index is 12.5. The van der Waals surface area contributed by atoms with Gasteiger partial charge >= 0.3 is 6.18 Å². The van der Waals surface area contributed by atoms with Crippen LogP contribution in [0.15, 0.2) is 18.2 Å².